The van der Waals surface area contributed by atoms with Gasteiger partial charge >= 0.3 is 12.4 Å². The maximum Gasteiger partial charge on any atom is 0.418 e. The summed E-state index contributed by atoms with van der Waals surface area (Å²) >= 11 is 5.81. The predicted molar refractivity (Wildman–Crippen MR) is 109 cm³/mol. The first-order chi connectivity index (χ1) is 16.0. The van der Waals surface area contributed by atoms with Crippen molar-refractivity contribution in [1.29, 1.82) is 0 Å². The molecule has 0 fully saturated rings. The van der Waals surface area contributed by atoms with Gasteiger partial charge in [-0.2, -0.15) is 31.4 Å². The zero-order chi connectivity index (χ0) is 26.3. The zero-order valence-electron chi connectivity index (χ0n) is 16.9. The standard InChI is InChI=1S/C19H12ClF7N4O3S/c20-13-2-1-10(18(22,23)24)3-9(13)4-17(32)30-14-6-16(35(28,33)34)15(5-12(14)19(25,26)27)31-8-11(21)7-29-31/h1-3,5-8H,4H2,(H,30,32)(H2,28,33,34). The Morgan fingerprint density at radius 1 is 1.09 bits per heavy atom. The third-order valence-corrected chi connectivity index (χ3v) is 5.82. The number of halogens is 8. The number of carbonyl (C=O) groups is 1. The fraction of sp³-hybridized carbons (Fsp3) is 0.158. The van der Waals surface area contributed by atoms with E-state index in [4.69, 9.17) is 16.7 Å². The van der Waals surface area contributed by atoms with Crippen molar-refractivity contribution in [3.8, 4) is 5.69 Å². The molecule has 0 atom stereocenters. The van der Waals surface area contributed by atoms with Crippen LogP contribution < -0.4 is 10.5 Å². The lowest BCUT2D eigenvalue weighted by molar-refractivity contribution is -0.138. The number of sulfonamides is 1. The van der Waals surface area contributed by atoms with Crippen molar-refractivity contribution in [3.05, 3.63) is 70.3 Å². The molecule has 1 amide bonds. The summed E-state index contributed by atoms with van der Waals surface area (Å²) in [5.41, 5.74) is -4.87. The molecule has 0 saturated carbocycles. The Morgan fingerprint density at radius 3 is 2.26 bits per heavy atom. The number of hydrogen-bond donors (Lipinski definition) is 2. The minimum absolute atomic E-state index is 0.259. The van der Waals surface area contributed by atoms with E-state index < -0.39 is 67.9 Å². The van der Waals surface area contributed by atoms with Crippen LogP contribution in [0.5, 0.6) is 0 Å². The van der Waals surface area contributed by atoms with Crippen molar-refractivity contribution in [2.75, 3.05) is 5.32 Å². The molecule has 3 rings (SSSR count). The summed E-state index contributed by atoms with van der Waals surface area (Å²) < 4.78 is 118. The summed E-state index contributed by atoms with van der Waals surface area (Å²) in [5, 5.41) is 10.1. The normalized spacial score (nSPS) is 12.6. The van der Waals surface area contributed by atoms with Crippen LogP contribution in [0.1, 0.15) is 16.7 Å². The first-order valence-electron chi connectivity index (χ1n) is 9.11. The van der Waals surface area contributed by atoms with Gasteiger partial charge in [-0.3, -0.25) is 4.79 Å². The van der Waals surface area contributed by atoms with E-state index in [1.54, 1.807) is 0 Å². The molecule has 0 spiro atoms. The molecule has 0 unspecified atom stereocenters. The first-order valence-corrected chi connectivity index (χ1v) is 11.0. The summed E-state index contributed by atoms with van der Waals surface area (Å²) in [7, 11) is -4.73. The molecule has 7 nitrogen and oxygen atoms in total. The fourth-order valence-electron chi connectivity index (χ4n) is 3.00. The number of aromatic nitrogens is 2. The molecular weight excluding hydrogens is 533 g/mol. The van der Waals surface area contributed by atoms with Crippen LogP contribution in [0.25, 0.3) is 5.69 Å². The van der Waals surface area contributed by atoms with Gasteiger partial charge in [0.15, 0.2) is 5.82 Å². The van der Waals surface area contributed by atoms with Gasteiger partial charge in [0.25, 0.3) is 0 Å². The highest BCUT2D eigenvalue weighted by atomic mass is 35.5. The van der Waals surface area contributed by atoms with Crippen molar-refractivity contribution in [2.45, 2.75) is 23.7 Å². The molecular formula is C19H12ClF7N4O3S. The number of nitrogens with two attached hydrogens (primary N) is 1. The van der Waals surface area contributed by atoms with Gasteiger partial charge in [0.1, 0.15) is 4.90 Å². The Hall–Kier alpha value is -3.17. The molecule has 16 heteroatoms. The van der Waals surface area contributed by atoms with Gasteiger partial charge in [-0.25, -0.2) is 22.6 Å². The van der Waals surface area contributed by atoms with Crippen molar-refractivity contribution in [3.63, 3.8) is 0 Å². The highest BCUT2D eigenvalue weighted by Gasteiger charge is 2.37. The maximum atomic E-state index is 13.7. The number of anilines is 1. The summed E-state index contributed by atoms with van der Waals surface area (Å²) in [5.74, 6) is -2.23. The van der Waals surface area contributed by atoms with Gasteiger partial charge in [0, 0.05) is 5.02 Å². The Morgan fingerprint density at radius 2 is 1.74 bits per heavy atom. The maximum absolute atomic E-state index is 13.7. The summed E-state index contributed by atoms with van der Waals surface area (Å²) in [4.78, 5) is 11.5. The zero-order valence-corrected chi connectivity index (χ0v) is 18.4. The number of nitrogens with zero attached hydrogens (tertiary/aromatic N) is 2. The summed E-state index contributed by atoms with van der Waals surface area (Å²) in [6.45, 7) is 0. The average molecular weight is 545 g/mol. The van der Waals surface area contributed by atoms with Crippen LogP contribution in [0.15, 0.2) is 47.6 Å². The molecule has 0 saturated heterocycles. The van der Waals surface area contributed by atoms with Crippen molar-refractivity contribution in [1.82, 2.24) is 9.78 Å². The van der Waals surface area contributed by atoms with E-state index in [0.29, 0.717) is 35.3 Å². The molecule has 1 aromatic heterocycles. The van der Waals surface area contributed by atoms with E-state index in [1.165, 1.54) is 0 Å². The van der Waals surface area contributed by atoms with Gasteiger partial charge in [-0.15, -0.1) is 0 Å². The monoisotopic (exact) mass is 544 g/mol. The van der Waals surface area contributed by atoms with Crippen LogP contribution in [0.2, 0.25) is 5.02 Å². The van der Waals surface area contributed by atoms with Gasteiger partial charge in [-0.1, -0.05) is 11.6 Å². The number of benzene rings is 2. The molecule has 2 aromatic carbocycles. The van der Waals surface area contributed by atoms with Gasteiger partial charge in [0.05, 0.1) is 41.3 Å². The van der Waals surface area contributed by atoms with Crippen LogP contribution in [0.4, 0.5) is 36.4 Å². The van der Waals surface area contributed by atoms with E-state index in [9.17, 15) is 43.9 Å². The Bertz CT molecular complexity index is 1400. The van der Waals surface area contributed by atoms with Gasteiger partial charge in [0.2, 0.25) is 15.9 Å². The van der Waals surface area contributed by atoms with Crippen LogP contribution in [0.3, 0.4) is 0 Å². The van der Waals surface area contributed by atoms with E-state index in [1.807, 2.05) is 5.32 Å². The van der Waals surface area contributed by atoms with Crippen molar-refractivity contribution >= 4 is 33.2 Å². The Balaban J connectivity index is 2.07. The second-order valence-electron chi connectivity index (χ2n) is 7.04. The molecule has 1 heterocycles. The van der Waals surface area contributed by atoms with Crippen LogP contribution in [-0.4, -0.2) is 24.1 Å². The predicted octanol–water partition coefficient (Wildman–Crippen LogP) is 4.53. The number of hydrogen-bond acceptors (Lipinski definition) is 4. The van der Waals surface area contributed by atoms with Gasteiger partial charge < -0.3 is 5.32 Å². The molecule has 0 radical (unpaired) electrons. The van der Waals surface area contributed by atoms with E-state index >= 15 is 0 Å². The Labute approximate surface area is 197 Å². The van der Waals surface area contributed by atoms with E-state index in [2.05, 4.69) is 5.10 Å². The third-order valence-electron chi connectivity index (χ3n) is 4.51. The van der Waals surface area contributed by atoms with Crippen molar-refractivity contribution < 1.29 is 43.9 Å². The van der Waals surface area contributed by atoms with Crippen LogP contribution in [0, 0.1) is 5.82 Å². The van der Waals surface area contributed by atoms with Crippen LogP contribution in [-0.2, 0) is 33.6 Å². The summed E-state index contributed by atoms with van der Waals surface area (Å²) in [6, 6.07) is 2.74. The molecule has 0 aliphatic heterocycles. The van der Waals surface area contributed by atoms with Crippen LogP contribution >= 0.6 is 11.6 Å². The molecule has 188 valence electrons. The SMILES string of the molecule is NS(=O)(=O)c1cc(NC(=O)Cc2cc(C(F)(F)F)ccc2Cl)c(C(F)(F)F)cc1-n1cc(F)cn1. The number of carbonyl (C=O) groups excluding carboxylic acids is 1. The van der Waals surface area contributed by atoms with E-state index in [0.717, 1.165) is 6.07 Å². The minimum Gasteiger partial charge on any atom is -0.325 e. The number of primary sulfonamides is 1. The lowest BCUT2D eigenvalue weighted by Crippen LogP contribution is -2.22. The second kappa shape index (κ2) is 9.13. The highest BCUT2D eigenvalue weighted by Crippen LogP contribution is 2.39. The van der Waals surface area contributed by atoms with Crippen molar-refractivity contribution in [2.24, 2.45) is 5.14 Å². The lowest BCUT2D eigenvalue weighted by Gasteiger charge is -2.18. The molecule has 0 aliphatic carbocycles. The number of nitrogens with one attached hydrogen (secondary N) is 1. The highest BCUT2D eigenvalue weighted by molar-refractivity contribution is 7.89. The fourth-order valence-corrected chi connectivity index (χ4v) is 3.91. The lowest BCUT2D eigenvalue weighted by atomic mass is 10.1. The number of alkyl halides is 6. The molecule has 35 heavy (non-hydrogen) atoms. The molecule has 0 bridgehead atoms. The number of amides is 1. The third kappa shape index (κ3) is 6.10. The second-order valence-corrected chi connectivity index (χ2v) is 8.98. The van der Waals surface area contributed by atoms with E-state index in [-0.39, 0.29) is 16.7 Å². The average Bonchev–Trinajstić information content (AvgIpc) is 3.13. The topological polar surface area (TPSA) is 107 Å². The molecule has 0 aliphatic rings. The van der Waals surface area contributed by atoms with Gasteiger partial charge in [-0.05, 0) is 35.9 Å². The molecule has 3 aromatic rings. The quantitative estimate of drug-likeness (QED) is 0.460. The summed E-state index contributed by atoms with van der Waals surface area (Å²) in [6.07, 6.45) is -9.61. The smallest absolute Gasteiger partial charge is 0.325 e. The molecule has 3 N–H and O–H groups in total. The minimum atomic E-state index is -5.16. The Kier molecular flexibility index (Phi) is 6.89. The largest absolute Gasteiger partial charge is 0.418 e. The number of rotatable bonds is 5. The first kappa shape index (κ1) is 26.4.